The van der Waals surface area contributed by atoms with E-state index in [0.29, 0.717) is 18.2 Å². The predicted octanol–water partition coefficient (Wildman–Crippen LogP) is 3.67. The maximum Gasteiger partial charge on any atom is 0.416 e. The lowest BCUT2D eigenvalue weighted by molar-refractivity contribution is -0.138. The van der Waals surface area contributed by atoms with E-state index in [4.69, 9.17) is 0 Å². The van der Waals surface area contributed by atoms with E-state index in [0.717, 1.165) is 38.9 Å². The van der Waals surface area contributed by atoms with Crippen LogP contribution >= 0.6 is 0 Å². The van der Waals surface area contributed by atoms with E-state index in [1.807, 2.05) is 0 Å². The average molecular weight is 300 g/mol. The number of nitrogens with one attached hydrogen (secondary N) is 1. The van der Waals surface area contributed by atoms with Gasteiger partial charge in [-0.2, -0.15) is 13.2 Å². The Labute approximate surface area is 124 Å². The molecule has 0 unspecified atom stereocenters. The van der Waals surface area contributed by atoms with Crippen molar-refractivity contribution >= 4 is 0 Å². The van der Waals surface area contributed by atoms with Gasteiger partial charge in [-0.25, -0.2) is 0 Å². The van der Waals surface area contributed by atoms with Crippen molar-refractivity contribution in [1.29, 1.82) is 0 Å². The van der Waals surface area contributed by atoms with Crippen molar-refractivity contribution in [3.8, 4) is 0 Å². The number of hydrogen-bond acceptors (Lipinski definition) is 2. The van der Waals surface area contributed by atoms with Crippen LogP contribution in [0.5, 0.6) is 0 Å². The molecule has 0 aromatic heterocycles. The molecule has 0 saturated carbocycles. The summed E-state index contributed by atoms with van der Waals surface area (Å²) >= 11 is 0. The molecular formula is C16H23F3N2. The third kappa shape index (κ3) is 4.71. The molecule has 0 atom stereocenters. The van der Waals surface area contributed by atoms with Crippen molar-refractivity contribution in [1.82, 2.24) is 10.2 Å². The molecule has 2 nitrogen and oxygen atoms in total. The second kappa shape index (κ2) is 7.27. The van der Waals surface area contributed by atoms with Crippen LogP contribution in [0.4, 0.5) is 13.2 Å². The lowest BCUT2D eigenvalue weighted by Crippen LogP contribution is -2.42. The van der Waals surface area contributed by atoms with Gasteiger partial charge in [0.15, 0.2) is 0 Å². The smallest absolute Gasteiger partial charge is 0.314 e. The summed E-state index contributed by atoms with van der Waals surface area (Å²) in [6.07, 6.45) is -1.14. The molecule has 1 heterocycles. The van der Waals surface area contributed by atoms with Gasteiger partial charge >= 0.3 is 6.18 Å². The summed E-state index contributed by atoms with van der Waals surface area (Å²) in [5.41, 5.74) is -0.124. The quantitative estimate of drug-likeness (QED) is 0.892. The fourth-order valence-electron chi connectivity index (χ4n) is 2.82. The van der Waals surface area contributed by atoms with E-state index in [-0.39, 0.29) is 0 Å². The molecule has 1 aliphatic heterocycles. The minimum absolute atomic E-state index is 0.380. The molecule has 5 heteroatoms. The maximum absolute atomic E-state index is 13.0. The van der Waals surface area contributed by atoms with Crippen LogP contribution in [0.1, 0.15) is 37.3 Å². The minimum Gasteiger partial charge on any atom is -0.314 e. The van der Waals surface area contributed by atoms with Crippen LogP contribution in [-0.4, -0.2) is 30.6 Å². The van der Waals surface area contributed by atoms with Crippen molar-refractivity contribution in [3.05, 3.63) is 35.4 Å². The Hall–Kier alpha value is -1.07. The molecule has 21 heavy (non-hydrogen) atoms. The molecule has 1 aliphatic rings. The first-order valence-electron chi connectivity index (χ1n) is 7.61. The predicted molar refractivity (Wildman–Crippen MR) is 78.0 cm³/mol. The van der Waals surface area contributed by atoms with Crippen LogP contribution in [-0.2, 0) is 12.7 Å². The van der Waals surface area contributed by atoms with Gasteiger partial charge in [0.05, 0.1) is 5.56 Å². The Morgan fingerprint density at radius 3 is 2.48 bits per heavy atom. The monoisotopic (exact) mass is 300 g/mol. The van der Waals surface area contributed by atoms with Crippen molar-refractivity contribution in [2.24, 2.45) is 0 Å². The highest BCUT2D eigenvalue weighted by atomic mass is 19.4. The van der Waals surface area contributed by atoms with Crippen LogP contribution < -0.4 is 5.32 Å². The van der Waals surface area contributed by atoms with Crippen molar-refractivity contribution in [2.75, 3.05) is 19.6 Å². The van der Waals surface area contributed by atoms with E-state index in [1.165, 1.54) is 12.1 Å². The van der Waals surface area contributed by atoms with E-state index >= 15 is 0 Å². The van der Waals surface area contributed by atoms with Crippen molar-refractivity contribution in [2.45, 2.75) is 44.9 Å². The summed E-state index contributed by atoms with van der Waals surface area (Å²) in [5, 5.41) is 3.48. The highest BCUT2D eigenvalue weighted by molar-refractivity contribution is 5.29. The van der Waals surface area contributed by atoms with Crippen LogP contribution in [0.25, 0.3) is 0 Å². The standard InChI is InChI=1S/C16H23F3N2/c1-2-9-20-14-7-10-21(11-8-14)12-13-5-3-4-6-15(13)16(17,18)19/h3-6,14,20H,2,7-12H2,1H3. The summed E-state index contributed by atoms with van der Waals surface area (Å²) in [6, 6.07) is 6.40. The molecule has 1 N–H and O–H groups in total. The van der Waals surface area contributed by atoms with E-state index < -0.39 is 11.7 Å². The molecule has 0 amide bonds. The van der Waals surface area contributed by atoms with Gasteiger partial charge in [-0.05, 0) is 50.5 Å². The number of rotatable bonds is 5. The van der Waals surface area contributed by atoms with Gasteiger partial charge in [-0.3, -0.25) is 4.90 Å². The summed E-state index contributed by atoms with van der Waals surface area (Å²) < 4.78 is 38.9. The van der Waals surface area contributed by atoms with E-state index in [9.17, 15) is 13.2 Å². The second-order valence-corrected chi connectivity index (χ2v) is 5.66. The Bertz CT molecular complexity index is 437. The summed E-state index contributed by atoms with van der Waals surface area (Å²) in [6.45, 7) is 5.25. The zero-order valence-corrected chi connectivity index (χ0v) is 12.4. The number of halogens is 3. The maximum atomic E-state index is 13.0. The molecule has 0 aliphatic carbocycles. The molecule has 1 aromatic rings. The zero-order valence-electron chi connectivity index (χ0n) is 12.4. The molecule has 0 spiro atoms. The molecule has 0 bridgehead atoms. The minimum atomic E-state index is -4.27. The molecule has 2 rings (SSSR count). The van der Waals surface area contributed by atoms with Gasteiger partial charge in [0, 0.05) is 12.6 Å². The fraction of sp³-hybridized carbons (Fsp3) is 0.625. The second-order valence-electron chi connectivity index (χ2n) is 5.66. The number of piperidine rings is 1. The molecule has 1 aromatic carbocycles. The number of hydrogen-bond donors (Lipinski definition) is 1. The molecule has 1 fully saturated rings. The summed E-state index contributed by atoms with van der Waals surface area (Å²) in [4.78, 5) is 2.12. The third-order valence-corrected chi connectivity index (χ3v) is 3.99. The van der Waals surface area contributed by atoms with Gasteiger partial charge < -0.3 is 5.32 Å². The van der Waals surface area contributed by atoms with E-state index in [2.05, 4.69) is 17.1 Å². The number of benzene rings is 1. The number of alkyl halides is 3. The van der Waals surface area contributed by atoms with Crippen molar-refractivity contribution in [3.63, 3.8) is 0 Å². The normalized spacial score (nSPS) is 18.1. The third-order valence-electron chi connectivity index (χ3n) is 3.99. The van der Waals surface area contributed by atoms with Gasteiger partial charge in [-0.15, -0.1) is 0 Å². The van der Waals surface area contributed by atoms with Crippen molar-refractivity contribution < 1.29 is 13.2 Å². The fourth-order valence-corrected chi connectivity index (χ4v) is 2.82. The van der Waals surface area contributed by atoms with Crippen LogP contribution in [0.3, 0.4) is 0 Å². The summed E-state index contributed by atoms with van der Waals surface area (Å²) in [5.74, 6) is 0. The topological polar surface area (TPSA) is 15.3 Å². The number of nitrogens with zero attached hydrogens (tertiary/aromatic N) is 1. The Morgan fingerprint density at radius 1 is 1.19 bits per heavy atom. The first-order valence-corrected chi connectivity index (χ1v) is 7.61. The van der Waals surface area contributed by atoms with Gasteiger partial charge in [0.2, 0.25) is 0 Å². The van der Waals surface area contributed by atoms with Gasteiger partial charge in [0.25, 0.3) is 0 Å². The average Bonchev–Trinajstić information content (AvgIpc) is 2.46. The van der Waals surface area contributed by atoms with E-state index in [1.54, 1.807) is 12.1 Å². The SMILES string of the molecule is CCCNC1CCN(Cc2ccccc2C(F)(F)F)CC1. The zero-order chi connectivity index (χ0) is 15.3. The molecule has 118 valence electrons. The highest BCUT2D eigenvalue weighted by Crippen LogP contribution is 2.32. The van der Waals surface area contributed by atoms with Crippen LogP contribution in [0.2, 0.25) is 0 Å². The molecule has 0 radical (unpaired) electrons. The first-order chi connectivity index (χ1) is 10.0. The Morgan fingerprint density at radius 2 is 1.86 bits per heavy atom. The first kappa shape index (κ1) is 16.3. The summed E-state index contributed by atoms with van der Waals surface area (Å²) in [7, 11) is 0. The van der Waals surface area contributed by atoms with Crippen LogP contribution in [0, 0.1) is 0 Å². The number of likely N-dealkylation sites (tertiary alicyclic amines) is 1. The van der Waals surface area contributed by atoms with Gasteiger partial charge in [0.1, 0.15) is 0 Å². The Balaban J connectivity index is 1.92. The lowest BCUT2D eigenvalue weighted by atomic mass is 10.0. The Kier molecular flexibility index (Phi) is 5.65. The van der Waals surface area contributed by atoms with Gasteiger partial charge in [-0.1, -0.05) is 25.1 Å². The molecular weight excluding hydrogens is 277 g/mol. The highest BCUT2D eigenvalue weighted by Gasteiger charge is 2.33. The lowest BCUT2D eigenvalue weighted by Gasteiger charge is -2.33. The largest absolute Gasteiger partial charge is 0.416 e. The molecule has 1 saturated heterocycles. The van der Waals surface area contributed by atoms with Crippen LogP contribution in [0.15, 0.2) is 24.3 Å².